The summed E-state index contributed by atoms with van der Waals surface area (Å²) in [6.45, 7) is 2.01. The van der Waals surface area contributed by atoms with Gasteiger partial charge in [0.25, 0.3) is 0 Å². The van der Waals surface area contributed by atoms with Gasteiger partial charge in [0, 0.05) is 13.0 Å². The van der Waals surface area contributed by atoms with E-state index in [4.69, 9.17) is 9.47 Å². The molecule has 3 nitrogen and oxygen atoms in total. The lowest BCUT2D eigenvalue weighted by atomic mass is 9.96. The topological polar surface area (TPSA) is 38.7 Å². The van der Waals surface area contributed by atoms with Gasteiger partial charge in [0.15, 0.2) is 6.29 Å². The third kappa shape index (κ3) is 2.86. The molecule has 1 aliphatic rings. The summed E-state index contributed by atoms with van der Waals surface area (Å²) in [6.07, 6.45) is 0.989. The number of hydrogen-bond donors (Lipinski definition) is 1. The largest absolute Gasteiger partial charge is 0.387 e. The van der Waals surface area contributed by atoms with E-state index in [1.54, 1.807) is 7.11 Å². The molecule has 17 heavy (non-hydrogen) atoms. The predicted octanol–water partition coefficient (Wildman–Crippen LogP) is 1.99. The molecule has 1 unspecified atom stereocenters. The molecule has 1 N–H and O–H groups in total. The summed E-state index contributed by atoms with van der Waals surface area (Å²) < 4.78 is 10.8. The van der Waals surface area contributed by atoms with E-state index in [1.807, 2.05) is 25.1 Å². The second-order valence-corrected chi connectivity index (χ2v) is 4.65. The van der Waals surface area contributed by atoms with Crippen molar-refractivity contribution in [3.63, 3.8) is 0 Å². The van der Waals surface area contributed by atoms with Crippen LogP contribution in [0.3, 0.4) is 0 Å². The van der Waals surface area contributed by atoms with Crippen molar-refractivity contribution in [3.05, 3.63) is 35.9 Å². The van der Waals surface area contributed by atoms with Gasteiger partial charge in [-0.15, -0.1) is 0 Å². The fourth-order valence-electron chi connectivity index (χ4n) is 2.32. The molecule has 0 aliphatic carbocycles. The first-order valence-corrected chi connectivity index (χ1v) is 6.12. The predicted molar refractivity (Wildman–Crippen MR) is 65.6 cm³/mol. The highest BCUT2D eigenvalue weighted by Crippen LogP contribution is 2.29. The van der Waals surface area contributed by atoms with Gasteiger partial charge in [0.1, 0.15) is 6.10 Å². The summed E-state index contributed by atoms with van der Waals surface area (Å²) in [6, 6.07) is 10.3. The van der Waals surface area contributed by atoms with Gasteiger partial charge in [0.05, 0.1) is 6.10 Å². The van der Waals surface area contributed by atoms with Crippen LogP contribution in [0.15, 0.2) is 30.3 Å². The second kappa shape index (κ2) is 5.63. The van der Waals surface area contributed by atoms with Crippen LogP contribution in [0, 0.1) is 5.92 Å². The minimum atomic E-state index is -0.513. The number of benzene rings is 1. The first-order chi connectivity index (χ1) is 8.22. The summed E-state index contributed by atoms with van der Waals surface area (Å²) in [4.78, 5) is 0. The van der Waals surface area contributed by atoms with Crippen molar-refractivity contribution in [2.75, 3.05) is 7.11 Å². The molecule has 0 bridgehead atoms. The van der Waals surface area contributed by atoms with Crippen LogP contribution in [0.2, 0.25) is 0 Å². The van der Waals surface area contributed by atoms with Crippen LogP contribution in [-0.2, 0) is 15.9 Å². The van der Waals surface area contributed by atoms with E-state index in [-0.39, 0.29) is 12.0 Å². The van der Waals surface area contributed by atoms with Gasteiger partial charge >= 0.3 is 0 Å². The Morgan fingerprint density at radius 1 is 1.29 bits per heavy atom. The Labute approximate surface area is 102 Å². The average Bonchev–Trinajstić information content (AvgIpc) is 2.65. The quantitative estimate of drug-likeness (QED) is 0.869. The first kappa shape index (κ1) is 12.6. The molecule has 1 saturated heterocycles. The van der Waals surface area contributed by atoms with Crippen LogP contribution >= 0.6 is 0 Å². The molecule has 0 radical (unpaired) electrons. The molecule has 1 aromatic rings. The van der Waals surface area contributed by atoms with Crippen LogP contribution in [-0.4, -0.2) is 30.7 Å². The van der Waals surface area contributed by atoms with Crippen molar-refractivity contribution in [3.8, 4) is 0 Å². The lowest BCUT2D eigenvalue weighted by Crippen LogP contribution is -2.26. The maximum absolute atomic E-state index is 9.88. The highest BCUT2D eigenvalue weighted by molar-refractivity contribution is 5.14. The molecular formula is C14H20O3. The monoisotopic (exact) mass is 236 g/mol. The molecule has 0 saturated carbocycles. The lowest BCUT2D eigenvalue weighted by molar-refractivity contribution is -0.148. The molecule has 1 heterocycles. The molecule has 4 atom stereocenters. The molecule has 3 heteroatoms. The highest BCUT2D eigenvalue weighted by atomic mass is 16.7. The highest BCUT2D eigenvalue weighted by Gasteiger charge is 2.40. The van der Waals surface area contributed by atoms with Crippen molar-refractivity contribution in [2.45, 2.75) is 38.3 Å². The minimum absolute atomic E-state index is 0.0788. The number of methoxy groups -OCH3 is 1. The summed E-state index contributed by atoms with van der Waals surface area (Å²) >= 11 is 0. The molecule has 94 valence electrons. The number of rotatable bonds is 4. The van der Waals surface area contributed by atoms with E-state index >= 15 is 0 Å². The van der Waals surface area contributed by atoms with Gasteiger partial charge in [-0.25, -0.2) is 0 Å². The standard InChI is InChI=1S/C14H20O3/c1-10-12(17-14(16-2)13(10)15)9-8-11-6-4-3-5-7-11/h3-7,10,12-15H,8-9H2,1-2H3/t10-,12+,13+,14?/m0/s1. The molecule has 1 aromatic carbocycles. The fourth-order valence-corrected chi connectivity index (χ4v) is 2.32. The Hall–Kier alpha value is -0.900. The number of hydrogen-bond acceptors (Lipinski definition) is 3. The summed E-state index contributed by atoms with van der Waals surface area (Å²) in [5.74, 6) is 0.128. The average molecular weight is 236 g/mol. The number of aliphatic hydroxyl groups excluding tert-OH is 1. The van der Waals surface area contributed by atoms with Gasteiger partial charge in [-0.1, -0.05) is 37.3 Å². The molecule has 2 rings (SSSR count). The Bertz CT molecular complexity index is 339. The molecule has 1 aliphatic heterocycles. The van der Waals surface area contributed by atoms with Gasteiger partial charge in [-0.05, 0) is 18.4 Å². The van der Waals surface area contributed by atoms with Crippen LogP contribution in [0.1, 0.15) is 18.9 Å². The zero-order valence-electron chi connectivity index (χ0n) is 10.4. The maximum atomic E-state index is 9.88. The Kier molecular flexibility index (Phi) is 4.15. The van der Waals surface area contributed by atoms with Crippen molar-refractivity contribution < 1.29 is 14.6 Å². The molecular weight excluding hydrogens is 216 g/mol. The molecule has 0 aromatic heterocycles. The molecule has 0 spiro atoms. The smallest absolute Gasteiger partial charge is 0.183 e. The summed E-state index contributed by atoms with van der Waals surface area (Å²) in [5.41, 5.74) is 1.30. The molecule has 1 fully saturated rings. The van der Waals surface area contributed by atoms with Crippen molar-refractivity contribution >= 4 is 0 Å². The Morgan fingerprint density at radius 2 is 2.00 bits per heavy atom. The zero-order chi connectivity index (χ0) is 12.3. The van der Waals surface area contributed by atoms with E-state index < -0.39 is 12.4 Å². The number of ether oxygens (including phenoxy) is 2. The molecule has 0 amide bonds. The number of aliphatic hydroxyl groups is 1. The van der Waals surface area contributed by atoms with E-state index in [0.717, 1.165) is 12.8 Å². The van der Waals surface area contributed by atoms with Crippen LogP contribution < -0.4 is 0 Å². The first-order valence-electron chi connectivity index (χ1n) is 6.12. The van der Waals surface area contributed by atoms with Crippen LogP contribution in [0.4, 0.5) is 0 Å². The van der Waals surface area contributed by atoms with Crippen molar-refractivity contribution in [1.82, 2.24) is 0 Å². The van der Waals surface area contributed by atoms with Crippen molar-refractivity contribution in [2.24, 2.45) is 5.92 Å². The Morgan fingerprint density at radius 3 is 2.59 bits per heavy atom. The van der Waals surface area contributed by atoms with E-state index in [9.17, 15) is 5.11 Å². The van der Waals surface area contributed by atoms with Gasteiger partial charge < -0.3 is 14.6 Å². The lowest BCUT2D eigenvalue weighted by Gasteiger charge is -2.14. The zero-order valence-corrected chi connectivity index (χ0v) is 10.4. The second-order valence-electron chi connectivity index (χ2n) is 4.65. The van der Waals surface area contributed by atoms with E-state index in [2.05, 4.69) is 12.1 Å². The Balaban J connectivity index is 1.88. The van der Waals surface area contributed by atoms with Gasteiger partial charge in [-0.2, -0.15) is 0 Å². The fraction of sp³-hybridized carbons (Fsp3) is 0.571. The summed E-state index contributed by atoms with van der Waals surface area (Å²) in [5, 5.41) is 9.88. The van der Waals surface area contributed by atoms with Gasteiger partial charge in [0.2, 0.25) is 0 Å². The normalized spacial score (nSPS) is 32.9. The van der Waals surface area contributed by atoms with Crippen molar-refractivity contribution in [1.29, 1.82) is 0 Å². The summed E-state index contributed by atoms with van der Waals surface area (Å²) in [7, 11) is 1.57. The van der Waals surface area contributed by atoms with Gasteiger partial charge in [-0.3, -0.25) is 0 Å². The van der Waals surface area contributed by atoms with Crippen LogP contribution in [0.5, 0.6) is 0 Å². The third-order valence-electron chi connectivity index (χ3n) is 3.51. The van der Waals surface area contributed by atoms with Crippen LogP contribution in [0.25, 0.3) is 0 Å². The maximum Gasteiger partial charge on any atom is 0.183 e. The number of aryl methyl sites for hydroxylation is 1. The third-order valence-corrected chi connectivity index (χ3v) is 3.51. The van der Waals surface area contributed by atoms with E-state index in [0.29, 0.717) is 0 Å². The minimum Gasteiger partial charge on any atom is -0.387 e. The van der Waals surface area contributed by atoms with E-state index in [1.165, 1.54) is 5.56 Å². The SMILES string of the molecule is COC1O[C@H](CCc2ccccc2)[C@H](C)[C@H]1O.